The Morgan fingerprint density at radius 2 is 0.869 bits per heavy atom. The molecule has 7 aromatic rings. The Bertz CT molecular complexity index is 6010. The number of aromatic carboxylic acids is 3. The van der Waals surface area contributed by atoms with Gasteiger partial charge in [-0.1, -0.05) is 98.2 Å². The number of nitrogens with one attached hydrogen (secondary N) is 3. The van der Waals surface area contributed by atoms with Gasteiger partial charge in [-0.2, -0.15) is 0 Å². The van der Waals surface area contributed by atoms with E-state index in [4.69, 9.17) is 52.3 Å². The van der Waals surface area contributed by atoms with Crippen molar-refractivity contribution in [3.05, 3.63) is 239 Å². The second-order valence-electron chi connectivity index (χ2n) is 29.1. The third-order valence-electron chi connectivity index (χ3n) is 20.2. The Kier molecular flexibility index (Phi) is 45.3. The highest BCUT2D eigenvalue weighted by Gasteiger charge is 2.49. The second-order valence-corrected chi connectivity index (χ2v) is 33.4. The summed E-state index contributed by atoms with van der Waals surface area (Å²) in [5, 5.41) is 58.0. The maximum atomic E-state index is 12.9. The number of hydrogen-bond acceptors (Lipinski definition) is 29. The molecule has 38 nitrogen and oxygen atoms in total. The van der Waals surface area contributed by atoms with Crippen molar-refractivity contribution in [3.63, 3.8) is 0 Å². The van der Waals surface area contributed by atoms with Crippen LogP contribution < -0.4 is 21.7 Å². The van der Waals surface area contributed by atoms with Gasteiger partial charge < -0.3 is 60.1 Å². The number of ketones is 2. The maximum Gasteiger partial charge on any atom is 0.348 e. The summed E-state index contributed by atoms with van der Waals surface area (Å²) in [6.45, 7) is 5.07. The number of nitrogens with two attached hydrogens (primary N) is 1. The van der Waals surface area contributed by atoms with E-state index in [9.17, 15) is 95.9 Å². The molecule has 0 aromatic heterocycles. The number of aliphatic hydroxyl groups is 3. The van der Waals surface area contributed by atoms with Crippen molar-refractivity contribution in [3.8, 4) is 24.2 Å². The van der Waals surface area contributed by atoms with Crippen molar-refractivity contribution in [1.29, 1.82) is 0 Å². The molecule has 1 aliphatic carbocycles. The zero-order valence-electron chi connectivity index (χ0n) is 72.8. The monoisotopic (exact) mass is 2230 g/mol. The van der Waals surface area contributed by atoms with Crippen LogP contribution in [0.25, 0.3) is 0 Å². The molecule has 0 radical (unpaired) electrons. The summed E-state index contributed by atoms with van der Waals surface area (Å²) in [5.41, 5.74) is 10.7. The first-order chi connectivity index (χ1) is 64.7. The Hall–Kier alpha value is -12.7. The molecule has 1 saturated carbocycles. The molecule has 722 valence electrons. The molecule has 7 aromatic carbocycles. The lowest BCUT2D eigenvalue weighted by Gasteiger charge is -2.27. The normalized spacial score (nSPS) is 16.7. The summed E-state index contributed by atoms with van der Waals surface area (Å²) >= 11 is 16.0. The maximum absolute atomic E-state index is 12.9. The molecule has 7 heterocycles. The quantitative estimate of drug-likeness (QED) is 0.0119. The van der Waals surface area contributed by atoms with E-state index in [2.05, 4.69) is 128 Å². The molecule has 7 aliphatic heterocycles. The standard InChI is InChI=1S/C18H20N2O6.C18H16N2O6.C13H9BrN2O4.C9H9BrO2.C8H5BrO4.C8H3BrO3.C8H7BrO2.C6H9NO2.C5H8O2.ClH/c2*21-8-10-26-9-2-4-11-3-1-5-12-15(11)18(25)20(17(12)24)13-6-7-14(22)19-16(13)23;14-7-3-1-2-6-10(7)13(20)16(12(6)19)8-4-5-9(17)15-11(8)18;1-6-7(9(11)12-2)4-3-5-8(6)10;9-5-3-1-2-4(7(10)11)6(5)8(12)13;9-5-3-1-2-4-6(5)8(11)12-7(4)10;1-5-6(8(10)11)3-2-4-7(5)9;7-5-2-1-4(8)3-6(5)9;1-2-4-7-5-3-6;/h1,3,5,13,21H,2,4,6-10H2,(H,19,22,23);1,3,5,13,21H,6-10H2,(H,19,22,23);1-3,8H,4-5H2,(H,15,17,18);3-5H,1-2H3;1-3H,(H,10,11)(H,12,13);1-3H;2-4H,1H3,(H,10,11);5H,1-3,7H2;1,6H,3-5H2;1H. The number of fused-ring (bicyclic) bond motifs is 4. The van der Waals surface area contributed by atoms with Gasteiger partial charge in [-0.25, -0.2) is 28.8 Å². The first-order valence-electron chi connectivity index (χ1n) is 40.8. The average molecular weight is 2230 g/mol. The minimum absolute atomic E-state index is 0. The number of halogens is 6. The van der Waals surface area contributed by atoms with E-state index in [1.807, 2.05) is 25.1 Å². The van der Waals surface area contributed by atoms with Crippen LogP contribution in [0, 0.1) is 38.0 Å². The van der Waals surface area contributed by atoms with Crippen LogP contribution in [0.1, 0.15) is 211 Å². The third-order valence-corrected chi connectivity index (χ3v) is 23.9. The number of esters is 3. The van der Waals surface area contributed by atoms with Gasteiger partial charge in [0.2, 0.25) is 35.4 Å². The SMILES string of the molecule is C#CCOCCO.COC(=O)c1cccc(Br)c1C.Cc1c(Br)cccc1C(=O)O.Cl.NC1CCC(=O)CC1=O.O=C(O)c1cccc(Br)c1C(=O)O.O=C1CCC(N2C(=O)c3cccc(Br)c3C2=O)C(=O)N1.O=C1CCC(N2C(=O)c3cccc(C#CCOCCO)c3C2=O)C(=O)N1.O=C1CCC(N2C(=O)c3cccc(CCCOCCO)c3C2=O)C(=O)N1.O=C1OC(=O)c2c(Br)cccc21. The molecule has 0 bridgehead atoms. The lowest BCUT2D eigenvalue weighted by atomic mass is 9.94. The number of nitrogens with zero attached hydrogens (tertiary/aromatic N) is 3. The van der Waals surface area contributed by atoms with Crippen LogP contribution in [-0.2, 0) is 68.5 Å². The van der Waals surface area contributed by atoms with Crippen LogP contribution in [0.3, 0.4) is 0 Å². The number of cyclic esters (lactones) is 2. The molecule has 15 rings (SSSR count). The summed E-state index contributed by atoms with van der Waals surface area (Å²) in [5.74, 6) is -3.39. The molecule has 3 saturated heterocycles. The predicted octanol–water partition coefficient (Wildman–Crippen LogP) is 8.62. The van der Waals surface area contributed by atoms with Crippen molar-refractivity contribution < 1.29 is 150 Å². The third kappa shape index (κ3) is 30.1. The van der Waals surface area contributed by atoms with E-state index in [0.29, 0.717) is 87.8 Å². The number of carbonyl (C=O) groups excluding carboxylic acids is 17. The van der Waals surface area contributed by atoms with Crippen LogP contribution in [0.2, 0.25) is 0 Å². The second kappa shape index (κ2) is 54.9. The van der Waals surface area contributed by atoms with Gasteiger partial charge in [-0.05, 0) is 196 Å². The van der Waals surface area contributed by atoms with Crippen molar-refractivity contribution in [2.24, 2.45) is 5.73 Å². The Morgan fingerprint density at radius 3 is 1.31 bits per heavy atom. The molecule has 4 atom stereocenters. The van der Waals surface area contributed by atoms with Gasteiger partial charge in [-0.3, -0.25) is 97.8 Å². The number of benzene rings is 7. The molecule has 4 fully saturated rings. The molecule has 4 unspecified atom stereocenters. The molecule has 44 heteroatoms. The molecule has 137 heavy (non-hydrogen) atoms. The fourth-order valence-electron chi connectivity index (χ4n) is 13.6. The molecule has 12 amide bonds. The number of imide groups is 6. The van der Waals surface area contributed by atoms with Gasteiger partial charge in [0, 0.05) is 60.2 Å². The minimum Gasteiger partial charge on any atom is -0.478 e. The highest BCUT2D eigenvalue weighted by Crippen LogP contribution is 2.36. The van der Waals surface area contributed by atoms with Crippen LogP contribution in [0.15, 0.2) is 150 Å². The van der Waals surface area contributed by atoms with Gasteiger partial charge in [-0.15, -0.1) is 18.8 Å². The number of carboxylic acids is 3. The molecule has 0 spiro atoms. The van der Waals surface area contributed by atoms with Gasteiger partial charge in [0.1, 0.15) is 37.1 Å². The lowest BCUT2D eigenvalue weighted by Crippen LogP contribution is -2.54. The van der Waals surface area contributed by atoms with Crippen LogP contribution in [0.5, 0.6) is 0 Å². The van der Waals surface area contributed by atoms with E-state index in [1.54, 1.807) is 91.9 Å². The number of amides is 12. The van der Waals surface area contributed by atoms with Crippen LogP contribution in [-0.4, -0.2) is 254 Å². The highest BCUT2D eigenvalue weighted by molar-refractivity contribution is 9.11. The summed E-state index contributed by atoms with van der Waals surface area (Å²) in [6, 6.07) is 31.1. The number of aliphatic hydroxyl groups excluding tert-OH is 3. The van der Waals surface area contributed by atoms with E-state index < -0.39 is 113 Å². The fourth-order valence-corrected chi connectivity index (χ4v) is 15.9. The minimum atomic E-state index is -1.26. The van der Waals surface area contributed by atoms with Crippen molar-refractivity contribution >= 4 is 210 Å². The molecular weight excluding hydrogens is 2150 g/mol. The van der Waals surface area contributed by atoms with Gasteiger partial charge in [0.05, 0.1) is 126 Å². The van der Waals surface area contributed by atoms with E-state index >= 15 is 0 Å². The number of carbonyl (C=O) groups is 20. The number of terminal acetylenes is 1. The number of ether oxygens (including phenoxy) is 5. The molecular formula is C93H87Br5ClN7O31. The highest BCUT2D eigenvalue weighted by atomic mass is 79.9. The average Bonchev–Trinajstić information content (AvgIpc) is 1.61. The van der Waals surface area contributed by atoms with Crippen LogP contribution >= 0.6 is 92.1 Å². The largest absolute Gasteiger partial charge is 0.478 e. The van der Waals surface area contributed by atoms with Crippen molar-refractivity contribution in [2.45, 2.75) is 109 Å². The van der Waals surface area contributed by atoms with E-state index in [-0.39, 0.29) is 170 Å². The fraction of sp³-hybridized carbons (Fsp3) is 0.290. The summed E-state index contributed by atoms with van der Waals surface area (Å²) in [6.07, 6.45) is 7.74. The number of Topliss-reactive ketones (excluding diaryl/α,β-unsaturated/α-hetero) is 2. The summed E-state index contributed by atoms with van der Waals surface area (Å²) in [4.78, 5) is 234. The van der Waals surface area contributed by atoms with Gasteiger partial charge in [0.15, 0.2) is 5.78 Å². The van der Waals surface area contributed by atoms with E-state index in [1.165, 1.54) is 31.4 Å². The summed E-state index contributed by atoms with van der Waals surface area (Å²) in [7, 11) is 1.38. The predicted molar refractivity (Wildman–Crippen MR) is 502 cm³/mol. The number of hydrogen-bond donors (Lipinski definition) is 10. The summed E-state index contributed by atoms with van der Waals surface area (Å²) < 4.78 is 27.0. The Balaban J connectivity index is 0.000000244. The van der Waals surface area contributed by atoms with E-state index in [0.717, 1.165) is 40.3 Å². The van der Waals surface area contributed by atoms with Crippen molar-refractivity contribution in [1.82, 2.24) is 30.7 Å². The number of carboxylic acid groups (broad SMARTS) is 3. The number of rotatable bonds is 19. The lowest BCUT2D eigenvalue weighted by molar-refractivity contribution is -0.137. The topological polar surface area (TPSA) is 581 Å². The Labute approximate surface area is 829 Å². The number of methoxy groups -OCH3 is 1. The molecule has 11 N–H and O–H groups in total. The Morgan fingerprint density at radius 1 is 0.460 bits per heavy atom. The van der Waals surface area contributed by atoms with Crippen molar-refractivity contribution in [2.75, 3.05) is 66.6 Å². The smallest absolute Gasteiger partial charge is 0.348 e. The molecule has 8 aliphatic rings. The first kappa shape index (κ1) is 113. The number of aryl methyl sites for hydroxylation is 1. The zero-order valence-corrected chi connectivity index (χ0v) is 81.5. The van der Waals surface area contributed by atoms with Gasteiger partial charge >= 0.3 is 35.8 Å². The number of piperidine rings is 3. The van der Waals surface area contributed by atoms with Gasteiger partial charge in [0.25, 0.3) is 35.4 Å². The van der Waals surface area contributed by atoms with Crippen LogP contribution in [0.4, 0.5) is 0 Å². The first-order valence-corrected chi connectivity index (χ1v) is 44.8. The zero-order chi connectivity index (χ0) is 100.